The van der Waals surface area contributed by atoms with Crippen molar-refractivity contribution in [2.24, 2.45) is 5.73 Å². The lowest BCUT2D eigenvalue weighted by atomic mass is 10.1. The standard InChI is InChI=1S/C13H18N4O/c1-9(14)6-13(18)15-5-4-10-2-3-11-12(7-10)17-8-16-11/h2-3,7-9H,4-6,14H2,1H3,(H,15,18)(H,16,17). The smallest absolute Gasteiger partial charge is 0.221 e. The summed E-state index contributed by atoms with van der Waals surface area (Å²) in [4.78, 5) is 18.6. The average Bonchev–Trinajstić information content (AvgIpc) is 2.75. The quantitative estimate of drug-likeness (QED) is 0.734. The molecule has 5 heteroatoms. The Kier molecular flexibility index (Phi) is 3.94. The van der Waals surface area contributed by atoms with E-state index < -0.39 is 0 Å². The van der Waals surface area contributed by atoms with E-state index in [1.165, 1.54) is 5.56 Å². The molecule has 0 saturated carbocycles. The second-order valence-corrected chi connectivity index (χ2v) is 4.54. The molecule has 4 N–H and O–H groups in total. The number of hydrogen-bond acceptors (Lipinski definition) is 3. The topological polar surface area (TPSA) is 83.8 Å². The summed E-state index contributed by atoms with van der Waals surface area (Å²) in [7, 11) is 0. The first-order valence-corrected chi connectivity index (χ1v) is 6.09. The molecule has 2 aromatic rings. The highest BCUT2D eigenvalue weighted by molar-refractivity contribution is 5.76. The summed E-state index contributed by atoms with van der Waals surface area (Å²) in [6, 6.07) is 5.97. The number of imidazole rings is 1. The van der Waals surface area contributed by atoms with Crippen LogP contribution in [0.3, 0.4) is 0 Å². The van der Waals surface area contributed by atoms with E-state index in [2.05, 4.69) is 21.4 Å². The molecule has 0 spiro atoms. The van der Waals surface area contributed by atoms with Crippen molar-refractivity contribution in [1.82, 2.24) is 15.3 Å². The van der Waals surface area contributed by atoms with Crippen LogP contribution in [0.4, 0.5) is 0 Å². The number of benzene rings is 1. The maximum atomic E-state index is 11.4. The summed E-state index contributed by atoms with van der Waals surface area (Å²) in [5.74, 6) is 0.00705. The Balaban J connectivity index is 1.84. The molecule has 0 fully saturated rings. The van der Waals surface area contributed by atoms with Crippen molar-refractivity contribution in [2.45, 2.75) is 25.8 Å². The zero-order chi connectivity index (χ0) is 13.0. The summed E-state index contributed by atoms with van der Waals surface area (Å²) in [5, 5.41) is 2.86. The first kappa shape index (κ1) is 12.6. The summed E-state index contributed by atoms with van der Waals surface area (Å²) < 4.78 is 0. The van der Waals surface area contributed by atoms with Gasteiger partial charge in [-0.05, 0) is 31.0 Å². The van der Waals surface area contributed by atoms with E-state index in [-0.39, 0.29) is 11.9 Å². The third kappa shape index (κ3) is 3.30. The average molecular weight is 246 g/mol. The Labute approximate surface area is 106 Å². The second kappa shape index (κ2) is 5.64. The van der Waals surface area contributed by atoms with Gasteiger partial charge in [0.2, 0.25) is 5.91 Å². The molecule has 0 aliphatic carbocycles. The summed E-state index contributed by atoms with van der Waals surface area (Å²) >= 11 is 0. The number of carbonyl (C=O) groups is 1. The highest BCUT2D eigenvalue weighted by atomic mass is 16.1. The fourth-order valence-corrected chi connectivity index (χ4v) is 1.85. The molecule has 0 bridgehead atoms. The lowest BCUT2D eigenvalue weighted by Crippen LogP contribution is -2.31. The fourth-order valence-electron chi connectivity index (χ4n) is 1.85. The molecule has 5 nitrogen and oxygen atoms in total. The van der Waals surface area contributed by atoms with Crippen LogP contribution in [0.5, 0.6) is 0 Å². The minimum Gasteiger partial charge on any atom is -0.356 e. The van der Waals surface area contributed by atoms with Crippen LogP contribution in [0.25, 0.3) is 11.0 Å². The van der Waals surface area contributed by atoms with E-state index in [1.54, 1.807) is 6.33 Å². The van der Waals surface area contributed by atoms with Crippen molar-refractivity contribution in [3.63, 3.8) is 0 Å². The van der Waals surface area contributed by atoms with Gasteiger partial charge in [-0.25, -0.2) is 4.98 Å². The third-order valence-corrected chi connectivity index (χ3v) is 2.73. The molecule has 1 aromatic heterocycles. The predicted molar refractivity (Wildman–Crippen MR) is 71.1 cm³/mol. The van der Waals surface area contributed by atoms with E-state index in [0.717, 1.165) is 17.5 Å². The zero-order valence-electron chi connectivity index (χ0n) is 10.4. The number of amides is 1. The Bertz CT molecular complexity index is 533. The van der Waals surface area contributed by atoms with Crippen LogP contribution in [0, 0.1) is 0 Å². The highest BCUT2D eigenvalue weighted by Crippen LogP contribution is 2.11. The molecule has 2 rings (SSSR count). The second-order valence-electron chi connectivity index (χ2n) is 4.54. The number of carbonyl (C=O) groups excluding carboxylic acids is 1. The third-order valence-electron chi connectivity index (χ3n) is 2.73. The van der Waals surface area contributed by atoms with Gasteiger partial charge >= 0.3 is 0 Å². The first-order valence-electron chi connectivity index (χ1n) is 6.09. The molecule has 96 valence electrons. The Morgan fingerprint density at radius 1 is 1.56 bits per heavy atom. The number of nitrogens with one attached hydrogen (secondary N) is 2. The summed E-state index contributed by atoms with van der Waals surface area (Å²) in [6.45, 7) is 2.46. The molecule has 1 amide bonds. The minimum atomic E-state index is -0.0913. The summed E-state index contributed by atoms with van der Waals surface area (Å²) in [5.41, 5.74) is 8.71. The fraction of sp³-hybridized carbons (Fsp3) is 0.385. The normalized spacial score (nSPS) is 12.6. The molecular formula is C13H18N4O. The van der Waals surface area contributed by atoms with E-state index in [0.29, 0.717) is 13.0 Å². The number of aromatic amines is 1. The molecular weight excluding hydrogens is 228 g/mol. The number of H-pyrrole nitrogens is 1. The van der Waals surface area contributed by atoms with Crippen molar-refractivity contribution < 1.29 is 4.79 Å². The number of rotatable bonds is 5. The van der Waals surface area contributed by atoms with E-state index >= 15 is 0 Å². The van der Waals surface area contributed by atoms with Crippen LogP contribution in [0.1, 0.15) is 18.9 Å². The monoisotopic (exact) mass is 246 g/mol. The van der Waals surface area contributed by atoms with Crippen LogP contribution < -0.4 is 11.1 Å². The van der Waals surface area contributed by atoms with Crippen LogP contribution in [-0.4, -0.2) is 28.5 Å². The van der Waals surface area contributed by atoms with Gasteiger partial charge in [-0.3, -0.25) is 4.79 Å². The lowest BCUT2D eigenvalue weighted by Gasteiger charge is -2.07. The molecule has 0 aliphatic heterocycles. The number of aromatic nitrogens is 2. The van der Waals surface area contributed by atoms with Gasteiger partial charge in [-0.2, -0.15) is 0 Å². The van der Waals surface area contributed by atoms with Crippen LogP contribution in [0.15, 0.2) is 24.5 Å². The number of nitrogens with two attached hydrogens (primary N) is 1. The zero-order valence-corrected chi connectivity index (χ0v) is 10.4. The van der Waals surface area contributed by atoms with Crippen molar-refractivity contribution in [2.75, 3.05) is 6.54 Å². The van der Waals surface area contributed by atoms with Crippen LogP contribution in [0.2, 0.25) is 0 Å². The largest absolute Gasteiger partial charge is 0.356 e. The number of fused-ring (bicyclic) bond motifs is 1. The predicted octanol–water partition coefficient (Wildman–Crippen LogP) is 0.959. The van der Waals surface area contributed by atoms with Gasteiger partial charge in [0.05, 0.1) is 17.4 Å². The molecule has 1 heterocycles. The molecule has 1 aromatic carbocycles. The Hall–Kier alpha value is -1.88. The molecule has 1 atom stereocenters. The SMILES string of the molecule is CC(N)CC(=O)NCCc1ccc2nc[nH]c2c1. The van der Waals surface area contributed by atoms with Crippen molar-refractivity contribution in [1.29, 1.82) is 0 Å². The maximum Gasteiger partial charge on any atom is 0.221 e. The van der Waals surface area contributed by atoms with Gasteiger partial charge in [-0.1, -0.05) is 6.07 Å². The Morgan fingerprint density at radius 2 is 2.39 bits per heavy atom. The van der Waals surface area contributed by atoms with Gasteiger partial charge in [0.15, 0.2) is 0 Å². The van der Waals surface area contributed by atoms with Crippen LogP contribution in [-0.2, 0) is 11.2 Å². The molecule has 18 heavy (non-hydrogen) atoms. The van der Waals surface area contributed by atoms with Gasteiger partial charge in [0.1, 0.15) is 0 Å². The van der Waals surface area contributed by atoms with E-state index in [4.69, 9.17) is 5.73 Å². The maximum absolute atomic E-state index is 11.4. The Morgan fingerprint density at radius 3 is 3.17 bits per heavy atom. The van der Waals surface area contributed by atoms with Gasteiger partial charge in [-0.15, -0.1) is 0 Å². The molecule has 0 radical (unpaired) electrons. The van der Waals surface area contributed by atoms with Gasteiger partial charge in [0, 0.05) is 19.0 Å². The van der Waals surface area contributed by atoms with E-state index in [1.807, 2.05) is 19.1 Å². The van der Waals surface area contributed by atoms with Gasteiger partial charge in [0.25, 0.3) is 0 Å². The van der Waals surface area contributed by atoms with Crippen molar-refractivity contribution in [3.05, 3.63) is 30.1 Å². The number of hydrogen-bond donors (Lipinski definition) is 3. The van der Waals surface area contributed by atoms with Gasteiger partial charge < -0.3 is 16.0 Å². The van der Waals surface area contributed by atoms with Crippen molar-refractivity contribution >= 4 is 16.9 Å². The lowest BCUT2D eigenvalue weighted by molar-refractivity contribution is -0.121. The highest BCUT2D eigenvalue weighted by Gasteiger charge is 2.04. The number of nitrogens with zero attached hydrogens (tertiary/aromatic N) is 1. The molecule has 0 aliphatic rings. The van der Waals surface area contributed by atoms with Crippen molar-refractivity contribution in [3.8, 4) is 0 Å². The molecule has 0 saturated heterocycles. The summed E-state index contributed by atoms with van der Waals surface area (Å²) in [6.07, 6.45) is 2.86. The minimum absolute atomic E-state index is 0.00705. The molecule has 1 unspecified atom stereocenters. The van der Waals surface area contributed by atoms with E-state index in [9.17, 15) is 4.79 Å². The first-order chi connectivity index (χ1) is 8.65. The van der Waals surface area contributed by atoms with Crippen LogP contribution >= 0.6 is 0 Å².